The van der Waals surface area contributed by atoms with Gasteiger partial charge in [0.15, 0.2) is 4.77 Å². The van der Waals surface area contributed by atoms with E-state index in [0.29, 0.717) is 15.4 Å². The molecule has 0 aliphatic heterocycles. The summed E-state index contributed by atoms with van der Waals surface area (Å²) in [5, 5.41) is 9.46. The number of benzene rings is 2. The maximum absolute atomic E-state index is 8.82. The molecule has 0 aliphatic rings. The Morgan fingerprint density at radius 2 is 1.89 bits per heavy atom. The molecule has 2 aromatic carbocycles. The van der Waals surface area contributed by atoms with Gasteiger partial charge in [-0.15, -0.1) is 0 Å². The minimum Gasteiger partial charge on any atom is -0.329 e. The van der Waals surface area contributed by atoms with E-state index in [1.165, 1.54) is 0 Å². The van der Waals surface area contributed by atoms with E-state index in [9.17, 15) is 0 Å². The van der Waals surface area contributed by atoms with Gasteiger partial charge in [-0.3, -0.25) is 4.57 Å². The first-order valence-corrected chi connectivity index (χ1v) is 6.39. The molecule has 3 nitrogen and oxygen atoms in total. The van der Waals surface area contributed by atoms with E-state index >= 15 is 0 Å². The highest BCUT2D eigenvalue weighted by atomic mass is 35.5. The van der Waals surface area contributed by atoms with Crippen molar-refractivity contribution >= 4 is 34.9 Å². The number of imidazole rings is 1. The molecule has 0 unspecified atom stereocenters. The van der Waals surface area contributed by atoms with Gasteiger partial charge in [-0.05, 0) is 48.6 Å². The van der Waals surface area contributed by atoms with Crippen LogP contribution in [0.25, 0.3) is 16.7 Å². The zero-order chi connectivity index (χ0) is 13.4. The highest BCUT2D eigenvalue weighted by Crippen LogP contribution is 2.25. The van der Waals surface area contributed by atoms with E-state index in [1.807, 2.05) is 34.9 Å². The largest absolute Gasteiger partial charge is 0.329 e. The molecule has 3 rings (SSSR count). The number of aromatic amines is 1. The van der Waals surface area contributed by atoms with Gasteiger partial charge in [-0.25, -0.2) is 0 Å². The van der Waals surface area contributed by atoms with E-state index in [-0.39, 0.29) is 0 Å². The molecule has 0 bridgehead atoms. The van der Waals surface area contributed by atoms with Crippen LogP contribution in [0.3, 0.4) is 0 Å². The number of rotatable bonds is 1. The number of hydrogen-bond donors (Lipinski definition) is 1. The van der Waals surface area contributed by atoms with Crippen molar-refractivity contribution in [3.05, 3.63) is 57.8 Å². The molecule has 0 radical (unpaired) electrons. The fourth-order valence-electron chi connectivity index (χ4n) is 2.04. The summed E-state index contributed by atoms with van der Waals surface area (Å²) in [5.74, 6) is 0. The van der Waals surface area contributed by atoms with Crippen LogP contribution in [-0.4, -0.2) is 9.55 Å². The smallest absolute Gasteiger partial charge is 0.182 e. The van der Waals surface area contributed by atoms with Crippen LogP contribution in [0.4, 0.5) is 0 Å². The summed E-state index contributed by atoms with van der Waals surface area (Å²) in [6, 6.07) is 15.0. The molecule has 0 fully saturated rings. The Kier molecular flexibility index (Phi) is 2.86. The normalized spacial score (nSPS) is 10.5. The van der Waals surface area contributed by atoms with Gasteiger partial charge in [0.25, 0.3) is 0 Å². The minimum atomic E-state index is 0.577. The first-order valence-electron chi connectivity index (χ1n) is 5.60. The quantitative estimate of drug-likeness (QED) is 0.681. The minimum absolute atomic E-state index is 0.577. The average molecular weight is 286 g/mol. The number of para-hydroxylation sites is 1. The van der Waals surface area contributed by atoms with E-state index < -0.39 is 0 Å². The molecular formula is C14H8ClN3S. The molecule has 0 aliphatic carbocycles. The number of nitrogens with one attached hydrogen (secondary N) is 1. The molecule has 3 aromatic rings. The fourth-order valence-corrected chi connectivity index (χ4v) is 2.56. The first kappa shape index (κ1) is 12.0. The molecule has 0 saturated heterocycles. The second kappa shape index (κ2) is 4.54. The van der Waals surface area contributed by atoms with Gasteiger partial charge in [0, 0.05) is 5.69 Å². The summed E-state index contributed by atoms with van der Waals surface area (Å²) in [6.45, 7) is 0. The number of hydrogen-bond acceptors (Lipinski definition) is 2. The van der Waals surface area contributed by atoms with E-state index in [4.69, 9.17) is 29.1 Å². The van der Waals surface area contributed by atoms with E-state index in [2.05, 4.69) is 11.1 Å². The third-order valence-corrected chi connectivity index (χ3v) is 3.52. The topological polar surface area (TPSA) is 44.5 Å². The molecular weight excluding hydrogens is 278 g/mol. The second-order valence-corrected chi connectivity index (χ2v) is 4.85. The Morgan fingerprint density at radius 1 is 1.16 bits per heavy atom. The third-order valence-electron chi connectivity index (χ3n) is 2.92. The Morgan fingerprint density at radius 3 is 2.58 bits per heavy atom. The summed E-state index contributed by atoms with van der Waals surface area (Å²) in [7, 11) is 0. The monoisotopic (exact) mass is 285 g/mol. The SMILES string of the molecule is N#Cc1ccc(-n2c(=S)[nH]c3c(Cl)cccc32)cc1. The molecule has 0 spiro atoms. The van der Waals surface area contributed by atoms with Gasteiger partial charge in [0.1, 0.15) is 0 Å². The van der Waals surface area contributed by atoms with Crippen LogP contribution in [-0.2, 0) is 0 Å². The lowest BCUT2D eigenvalue weighted by molar-refractivity contribution is 1.06. The van der Waals surface area contributed by atoms with Crippen molar-refractivity contribution in [2.45, 2.75) is 0 Å². The molecule has 1 heterocycles. The number of nitriles is 1. The highest BCUT2D eigenvalue weighted by Gasteiger charge is 2.08. The summed E-state index contributed by atoms with van der Waals surface area (Å²) >= 11 is 11.5. The van der Waals surface area contributed by atoms with Crippen molar-refractivity contribution < 1.29 is 0 Å². The lowest BCUT2D eigenvalue weighted by Crippen LogP contribution is -1.93. The number of fused-ring (bicyclic) bond motifs is 1. The van der Waals surface area contributed by atoms with Crippen LogP contribution in [0, 0.1) is 16.1 Å². The number of nitrogens with zero attached hydrogens (tertiary/aromatic N) is 2. The number of H-pyrrole nitrogens is 1. The second-order valence-electron chi connectivity index (χ2n) is 4.06. The lowest BCUT2D eigenvalue weighted by Gasteiger charge is -2.04. The van der Waals surface area contributed by atoms with Gasteiger partial charge >= 0.3 is 0 Å². The predicted molar refractivity (Wildman–Crippen MR) is 78.2 cm³/mol. The van der Waals surface area contributed by atoms with Crippen LogP contribution in [0.1, 0.15) is 5.56 Å². The maximum atomic E-state index is 8.82. The molecule has 92 valence electrons. The van der Waals surface area contributed by atoms with Gasteiger partial charge in [0.2, 0.25) is 0 Å². The number of halogens is 1. The fraction of sp³-hybridized carbons (Fsp3) is 0. The zero-order valence-corrected chi connectivity index (χ0v) is 11.3. The molecule has 19 heavy (non-hydrogen) atoms. The Labute approximate surface area is 119 Å². The van der Waals surface area contributed by atoms with Crippen LogP contribution in [0.5, 0.6) is 0 Å². The van der Waals surface area contributed by atoms with Crippen LogP contribution >= 0.6 is 23.8 Å². The molecule has 0 atom stereocenters. The standard InChI is InChI=1S/C14H8ClN3S/c15-11-2-1-3-12-13(11)17-14(19)18(12)10-6-4-9(8-16)5-7-10/h1-7H,(H,17,19). The molecule has 0 saturated carbocycles. The third kappa shape index (κ3) is 1.93. The molecule has 0 amide bonds. The summed E-state index contributed by atoms with van der Waals surface area (Å²) in [5.41, 5.74) is 3.26. The van der Waals surface area contributed by atoms with Crippen molar-refractivity contribution in [3.63, 3.8) is 0 Å². The maximum Gasteiger partial charge on any atom is 0.182 e. The Bertz CT molecular complexity index is 853. The molecule has 5 heteroatoms. The van der Waals surface area contributed by atoms with Crippen molar-refractivity contribution in [2.75, 3.05) is 0 Å². The average Bonchev–Trinajstić information content (AvgIpc) is 2.77. The van der Waals surface area contributed by atoms with Gasteiger partial charge < -0.3 is 4.98 Å². The predicted octanol–water partition coefficient (Wildman–Crippen LogP) is 4.21. The van der Waals surface area contributed by atoms with E-state index in [1.54, 1.807) is 12.1 Å². The summed E-state index contributed by atoms with van der Waals surface area (Å²) in [4.78, 5) is 3.10. The zero-order valence-electron chi connectivity index (χ0n) is 9.72. The Balaban J connectivity index is 2.30. The van der Waals surface area contributed by atoms with Crippen molar-refractivity contribution in [1.82, 2.24) is 9.55 Å². The summed E-state index contributed by atoms with van der Waals surface area (Å²) in [6.07, 6.45) is 0. The van der Waals surface area contributed by atoms with Crippen molar-refractivity contribution in [1.29, 1.82) is 5.26 Å². The van der Waals surface area contributed by atoms with Crippen LogP contribution in [0.2, 0.25) is 5.02 Å². The number of aromatic nitrogens is 2. The molecule has 1 N–H and O–H groups in total. The first-order chi connectivity index (χ1) is 9.20. The van der Waals surface area contributed by atoms with Gasteiger partial charge in [0.05, 0.1) is 27.7 Å². The van der Waals surface area contributed by atoms with Crippen molar-refractivity contribution in [3.8, 4) is 11.8 Å². The summed E-state index contributed by atoms with van der Waals surface area (Å²) < 4.78 is 2.48. The highest BCUT2D eigenvalue weighted by molar-refractivity contribution is 7.71. The van der Waals surface area contributed by atoms with Crippen molar-refractivity contribution in [2.24, 2.45) is 0 Å². The van der Waals surface area contributed by atoms with Crippen LogP contribution < -0.4 is 0 Å². The van der Waals surface area contributed by atoms with Gasteiger partial charge in [-0.1, -0.05) is 17.7 Å². The lowest BCUT2D eigenvalue weighted by atomic mass is 10.2. The van der Waals surface area contributed by atoms with Gasteiger partial charge in [-0.2, -0.15) is 5.26 Å². The molecule has 1 aromatic heterocycles. The Hall–Kier alpha value is -2.09. The van der Waals surface area contributed by atoms with Crippen LogP contribution in [0.15, 0.2) is 42.5 Å². The van der Waals surface area contributed by atoms with E-state index in [0.717, 1.165) is 16.7 Å².